The van der Waals surface area contributed by atoms with Crippen LogP contribution < -0.4 is 0 Å². The van der Waals surface area contributed by atoms with Gasteiger partial charge in [-0.1, -0.05) is 23.7 Å². The van der Waals surface area contributed by atoms with Crippen LogP contribution in [-0.2, 0) is 0 Å². The number of nitriles is 1. The molecule has 1 unspecified atom stereocenters. The Morgan fingerprint density at radius 1 is 1.37 bits per heavy atom. The summed E-state index contributed by atoms with van der Waals surface area (Å²) in [6, 6.07) is 11.4. The highest BCUT2D eigenvalue weighted by molar-refractivity contribution is 6.30. The SMILES string of the molecule is CN(C(=O)c1ccco1)C(C#N)c1ccc(Cl)cc1. The minimum absolute atomic E-state index is 0.205. The highest BCUT2D eigenvalue weighted by Crippen LogP contribution is 2.22. The second-order valence-electron chi connectivity index (χ2n) is 3.98. The van der Waals surface area contributed by atoms with Crippen molar-refractivity contribution in [3.8, 4) is 6.07 Å². The van der Waals surface area contributed by atoms with Gasteiger partial charge in [-0.3, -0.25) is 4.79 Å². The molecule has 1 heterocycles. The molecular weight excluding hydrogens is 264 g/mol. The summed E-state index contributed by atoms with van der Waals surface area (Å²) in [6.07, 6.45) is 1.42. The maximum absolute atomic E-state index is 12.1. The molecule has 5 heteroatoms. The average molecular weight is 275 g/mol. The lowest BCUT2D eigenvalue weighted by molar-refractivity contribution is 0.0731. The molecule has 19 heavy (non-hydrogen) atoms. The van der Waals surface area contributed by atoms with Gasteiger partial charge in [0.2, 0.25) is 0 Å². The number of hydrogen-bond donors (Lipinski definition) is 0. The van der Waals surface area contributed by atoms with Crippen LogP contribution in [0.15, 0.2) is 47.1 Å². The molecule has 0 aliphatic heterocycles. The van der Waals surface area contributed by atoms with E-state index >= 15 is 0 Å². The summed E-state index contributed by atoms with van der Waals surface area (Å²) in [4.78, 5) is 13.4. The third-order valence-corrected chi connectivity index (χ3v) is 3.00. The van der Waals surface area contributed by atoms with Crippen LogP contribution in [0.2, 0.25) is 5.02 Å². The summed E-state index contributed by atoms with van der Waals surface area (Å²) in [5.74, 6) is -0.136. The fraction of sp³-hybridized carbons (Fsp3) is 0.143. The van der Waals surface area contributed by atoms with E-state index < -0.39 is 6.04 Å². The van der Waals surface area contributed by atoms with Gasteiger partial charge in [0.05, 0.1) is 12.3 Å². The van der Waals surface area contributed by atoms with Crippen LogP contribution in [0.25, 0.3) is 0 Å². The number of nitrogens with zero attached hydrogens (tertiary/aromatic N) is 2. The fourth-order valence-corrected chi connectivity index (χ4v) is 1.85. The van der Waals surface area contributed by atoms with Gasteiger partial charge in [-0.25, -0.2) is 0 Å². The summed E-state index contributed by atoms with van der Waals surface area (Å²) in [5, 5.41) is 9.84. The van der Waals surface area contributed by atoms with Crippen LogP contribution in [0.3, 0.4) is 0 Å². The van der Waals surface area contributed by atoms with Crippen LogP contribution in [0, 0.1) is 11.3 Å². The molecule has 0 aliphatic rings. The minimum Gasteiger partial charge on any atom is -0.459 e. The first-order valence-corrected chi connectivity index (χ1v) is 5.97. The molecule has 1 amide bonds. The number of benzene rings is 1. The second kappa shape index (κ2) is 5.59. The van der Waals surface area contributed by atoms with E-state index in [2.05, 4.69) is 6.07 Å². The van der Waals surface area contributed by atoms with Crippen molar-refractivity contribution in [1.82, 2.24) is 4.90 Å². The van der Waals surface area contributed by atoms with Crippen molar-refractivity contribution in [2.45, 2.75) is 6.04 Å². The first kappa shape index (κ1) is 13.2. The number of furan rings is 1. The molecule has 1 atom stereocenters. The van der Waals surface area contributed by atoms with Crippen molar-refractivity contribution >= 4 is 17.5 Å². The van der Waals surface area contributed by atoms with E-state index in [0.717, 1.165) is 0 Å². The third kappa shape index (κ3) is 2.78. The Morgan fingerprint density at radius 2 is 2.05 bits per heavy atom. The number of carbonyl (C=O) groups is 1. The van der Waals surface area contributed by atoms with Crippen LogP contribution in [0.5, 0.6) is 0 Å². The van der Waals surface area contributed by atoms with E-state index in [1.54, 1.807) is 43.4 Å². The lowest BCUT2D eigenvalue weighted by Gasteiger charge is -2.22. The Hall–Kier alpha value is -2.25. The predicted octanol–water partition coefficient (Wildman–Crippen LogP) is 3.27. The molecule has 0 fully saturated rings. The summed E-state index contributed by atoms with van der Waals surface area (Å²) >= 11 is 5.80. The molecule has 2 rings (SSSR count). The lowest BCUT2D eigenvalue weighted by atomic mass is 10.1. The van der Waals surface area contributed by atoms with Crippen molar-refractivity contribution < 1.29 is 9.21 Å². The molecule has 1 aromatic carbocycles. The highest BCUT2D eigenvalue weighted by atomic mass is 35.5. The molecule has 0 aliphatic carbocycles. The molecule has 0 radical (unpaired) electrons. The smallest absolute Gasteiger partial charge is 0.290 e. The van der Waals surface area contributed by atoms with E-state index in [-0.39, 0.29) is 11.7 Å². The molecule has 2 aromatic rings. The van der Waals surface area contributed by atoms with E-state index in [0.29, 0.717) is 10.6 Å². The monoisotopic (exact) mass is 274 g/mol. The van der Waals surface area contributed by atoms with Crippen LogP contribution in [0.1, 0.15) is 22.2 Å². The van der Waals surface area contributed by atoms with Gasteiger partial charge in [0, 0.05) is 12.1 Å². The Morgan fingerprint density at radius 3 is 2.58 bits per heavy atom. The highest BCUT2D eigenvalue weighted by Gasteiger charge is 2.23. The zero-order valence-electron chi connectivity index (χ0n) is 10.2. The van der Waals surface area contributed by atoms with E-state index in [9.17, 15) is 10.1 Å². The molecule has 1 aromatic heterocycles. The first-order valence-electron chi connectivity index (χ1n) is 5.59. The van der Waals surface area contributed by atoms with E-state index in [1.807, 2.05) is 0 Å². The molecule has 96 valence electrons. The summed E-state index contributed by atoms with van der Waals surface area (Å²) in [6.45, 7) is 0. The van der Waals surface area contributed by atoms with Gasteiger partial charge >= 0.3 is 0 Å². The second-order valence-corrected chi connectivity index (χ2v) is 4.41. The summed E-state index contributed by atoms with van der Waals surface area (Å²) < 4.78 is 5.04. The maximum atomic E-state index is 12.1. The third-order valence-electron chi connectivity index (χ3n) is 2.75. The van der Waals surface area contributed by atoms with Gasteiger partial charge in [-0.2, -0.15) is 5.26 Å². The van der Waals surface area contributed by atoms with Crippen molar-refractivity contribution in [3.63, 3.8) is 0 Å². The fourth-order valence-electron chi connectivity index (χ4n) is 1.72. The number of hydrogen-bond acceptors (Lipinski definition) is 3. The van der Waals surface area contributed by atoms with Gasteiger partial charge in [0.1, 0.15) is 6.04 Å². The molecule has 0 spiro atoms. The number of amides is 1. The van der Waals surface area contributed by atoms with Gasteiger partial charge in [-0.15, -0.1) is 0 Å². The standard InChI is InChI=1S/C14H11ClN2O2/c1-17(14(18)13-3-2-8-19-13)12(9-16)10-4-6-11(15)7-5-10/h2-8,12H,1H3. The first-order chi connectivity index (χ1) is 9.13. The Kier molecular flexibility index (Phi) is 3.88. The maximum Gasteiger partial charge on any atom is 0.290 e. The zero-order valence-corrected chi connectivity index (χ0v) is 11.0. The van der Waals surface area contributed by atoms with Gasteiger partial charge < -0.3 is 9.32 Å². The quantitative estimate of drug-likeness (QED) is 0.863. The van der Waals surface area contributed by atoms with E-state index in [1.165, 1.54) is 11.2 Å². The molecule has 0 N–H and O–H groups in total. The molecule has 0 saturated carbocycles. The Bertz CT molecular complexity index is 599. The van der Waals surface area contributed by atoms with Crippen molar-refractivity contribution in [2.24, 2.45) is 0 Å². The van der Waals surface area contributed by atoms with Crippen molar-refractivity contribution in [2.75, 3.05) is 7.05 Å². The normalized spacial score (nSPS) is 11.6. The summed E-state index contributed by atoms with van der Waals surface area (Å²) in [7, 11) is 1.56. The van der Waals surface area contributed by atoms with Crippen molar-refractivity contribution in [1.29, 1.82) is 5.26 Å². The minimum atomic E-state index is -0.685. The molecule has 0 bridgehead atoms. The largest absolute Gasteiger partial charge is 0.459 e. The lowest BCUT2D eigenvalue weighted by Crippen LogP contribution is -2.30. The van der Waals surface area contributed by atoms with Gasteiger partial charge in [0.15, 0.2) is 5.76 Å². The van der Waals surface area contributed by atoms with Crippen LogP contribution in [0.4, 0.5) is 0 Å². The molecule has 4 nitrogen and oxygen atoms in total. The number of halogens is 1. The van der Waals surface area contributed by atoms with E-state index in [4.69, 9.17) is 16.0 Å². The Labute approximate surface area is 115 Å². The zero-order chi connectivity index (χ0) is 13.8. The van der Waals surface area contributed by atoms with Crippen molar-refractivity contribution in [3.05, 3.63) is 59.0 Å². The summed E-state index contributed by atoms with van der Waals surface area (Å²) in [5.41, 5.74) is 0.703. The molecule has 0 saturated heterocycles. The van der Waals surface area contributed by atoms with Crippen LogP contribution >= 0.6 is 11.6 Å². The van der Waals surface area contributed by atoms with Crippen LogP contribution in [-0.4, -0.2) is 17.9 Å². The number of rotatable bonds is 3. The number of carbonyl (C=O) groups excluding carboxylic acids is 1. The average Bonchev–Trinajstić information content (AvgIpc) is 2.94. The van der Waals surface area contributed by atoms with Gasteiger partial charge in [0.25, 0.3) is 5.91 Å². The molecular formula is C14H11ClN2O2. The Balaban J connectivity index is 2.25. The predicted molar refractivity (Wildman–Crippen MR) is 70.6 cm³/mol. The topological polar surface area (TPSA) is 57.2 Å². The van der Waals surface area contributed by atoms with Gasteiger partial charge in [-0.05, 0) is 29.8 Å².